The van der Waals surface area contributed by atoms with E-state index >= 15 is 0 Å². The first-order valence-electron chi connectivity index (χ1n) is 7.84. The van der Waals surface area contributed by atoms with E-state index in [-0.39, 0.29) is 0 Å². The highest BCUT2D eigenvalue weighted by atomic mass is 35.5. The van der Waals surface area contributed by atoms with Gasteiger partial charge in [0, 0.05) is 6.54 Å². The third-order valence-corrected chi connectivity index (χ3v) is 3.68. The molecule has 124 valence electrons. The predicted octanol–water partition coefficient (Wildman–Crippen LogP) is 4.67. The number of methoxy groups -OCH3 is 1. The molecule has 1 N–H and O–H groups in total. The number of ether oxygens (including phenoxy) is 2. The first-order chi connectivity index (χ1) is 11.1. The van der Waals surface area contributed by atoms with Gasteiger partial charge in [0.2, 0.25) is 0 Å². The molecule has 0 fully saturated rings. The minimum Gasteiger partial charge on any atom is -0.493 e. The molecule has 0 atom stereocenters. The summed E-state index contributed by atoms with van der Waals surface area (Å²) in [5.74, 6) is 1.86. The molecule has 0 aromatic heterocycles. The molecule has 0 amide bonds. The minimum absolute atomic E-state index is 0.460. The van der Waals surface area contributed by atoms with Crippen molar-refractivity contribution in [1.29, 1.82) is 0 Å². The third kappa shape index (κ3) is 5.45. The van der Waals surface area contributed by atoms with Crippen LogP contribution in [0.15, 0.2) is 42.5 Å². The molecule has 2 aromatic carbocycles. The van der Waals surface area contributed by atoms with Gasteiger partial charge in [-0.1, -0.05) is 55.8 Å². The summed E-state index contributed by atoms with van der Waals surface area (Å²) in [6.07, 6.45) is 0. The molecule has 0 spiro atoms. The second-order valence-electron chi connectivity index (χ2n) is 5.91. The Hall–Kier alpha value is -1.71. The van der Waals surface area contributed by atoms with Crippen LogP contribution in [0.1, 0.15) is 25.0 Å². The van der Waals surface area contributed by atoms with Crippen LogP contribution in [0.5, 0.6) is 11.5 Å². The van der Waals surface area contributed by atoms with Crippen molar-refractivity contribution in [2.24, 2.45) is 5.92 Å². The highest BCUT2D eigenvalue weighted by Crippen LogP contribution is 2.37. The Morgan fingerprint density at radius 2 is 1.83 bits per heavy atom. The molecular weight excluding hydrogens is 310 g/mol. The van der Waals surface area contributed by atoms with E-state index in [4.69, 9.17) is 21.1 Å². The van der Waals surface area contributed by atoms with Crippen LogP contribution in [0.3, 0.4) is 0 Å². The van der Waals surface area contributed by atoms with E-state index in [1.54, 1.807) is 7.11 Å². The maximum Gasteiger partial charge on any atom is 0.180 e. The van der Waals surface area contributed by atoms with Crippen molar-refractivity contribution in [3.05, 3.63) is 58.6 Å². The zero-order valence-corrected chi connectivity index (χ0v) is 14.7. The molecule has 0 heterocycles. The molecule has 0 bridgehead atoms. The molecule has 0 aliphatic rings. The summed E-state index contributed by atoms with van der Waals surface area (Å²) in [5.41, 5.74) is 2.17. The number of benzene rings is 2. The first-order valence-corrected chi connectivity index (χ1v) is 8.21. The molecule has 0 saturated heterocycles. The van der Waals surface area contributed by atoms with Gasteiger partial charge in [-0.15, -0.1) is 0 Å². The number of halogens is 1. The minimum atomic E-state index is 0.460. The SMILES string of the molecule is COc1cc(CNCC(C)C)cc(Cl)c1OCc1ccccc1. The van der Waals surface area contributed by atoms with Crippen molar-refractivity contribution in [2.75, 3.05) is 13.7 Å². The Morgan fingerprint density at radius 3 is 2.48 bits per heavy atom. The molecule has 0 aliphatic carbocycles. The molecule has 0 saturated carbocycles. The van der Waals surface area contributed by atoms with Gasteiger partial charge < -0.3 is 14.8 Å². The molecular formula is C19H24ClNO2. The summed E-state index contributed by atoms with van der Waals surface area (Å²) < 4.78 is 11.3. The van der Waals surface area contributed by atoms with Crippen molar-refractivity contribution in [1.82, 2.24) is 5.32 Å². The standard InChI is InChI=1S/C19H24ClNO2/c1-14(2)11-21-12-16-9-17(20)19(18(10-16)22-3)23-13-15-7-5-4-6-8-15/h4-10,14,21H,11-13H2,1-3H3. The monoisotopic (exact) mass is 333 g/mol. The maximum absolute atomic E-state index is 6.39. The largest absolute Gasteiger partial charge is 0.493 e. The van der Waals surface area contributed by atoms with Crippen molar-refractivity contribution in [2.45, 2.75) is 27.0 Å². The quantitative estimate of drug-likeness (QED) is 0.761. The van der Waals surface area contributed by atoms with Gasteiger partial charge in [-0.05, 0) is 35.7 Å². The Bertz CT molecular complexity index is 614. The maximum atomic E-state index is 6.39. The summed E-state index contributed by atoms with van der Waals surface area (Å²) >= 11 is 6.39. The normalized spacial score (nSPS) is 10.8. The van der Waals surface area contributed by atoms with Crippen LogP contribution in [0.25, 0.3) is 0 Å². The van der Waals surface area contributed by atoms with Crippen LogP contribution < -0.4 is 14.8 Å². The summed E-state index contributed by atoms with van der Waals surface area (Å²) in [5, 5.41) is 3.97. The zero-order chi connectivity index (χ0) is 16.7. The molecule has 2 rings (SSSR count). The van der Waals surface area contributed by atoms with E-state index in [0.29, 0.717) is 29.0 Å². The van der Waals surface area contributed by atoms with E-state index < -0.39 is 0 Å². The van der Waals surface area contributed by atoms with E-state index in [9.17, 15) is 0 Å². The fourth-order valence-corrected chi connectivity index (χ4v) is 2.54. The van der Waals surface area contributed by atoms with Gasteiger partial charge in [-0.3, -0.25) is 0 Å². The van der Waals surface area contributed by atoms with Crippen LogP contribution in [-0.4, -0.2) is 13.7 Å². The van der Waals surface area contributed by atoms with Crippen LogP contribution in [0, 0.1) is 5.92 Å². The summed E-state index contributed by atoms with van der Waals surface area (Å²) in [6.45, 7) is 6.55. The van der Waals surface area contributed by atoms with Gasteiger partial charge in [-0.25, -0.2) is 0 Å². The van der Waals surface area contributed by atoms with E-state index in [2.05, 4.69) is 19.2 Å². The average Bonchev–Trinajstić information content (AvgIpc) is 2.54. The number of rotatable bonds is 8. The van der Waals surface area contributed by atoms with E-state index in [1.807, 2.05) is 42.5 Å². The summed E-state index contributed by atoms with van der Waals surface area (Å²) in [6, 6.07) is 13.9. The van der Waals surface area contributed by atoms with E-state index in [0.717, 1.165) is 24.2 Å². The van der Waals surface area contributed by atoms with Gasteiger partial charge >= 0.3 is 0 Å². The molecule has 0 radical (unpaired) electrons. The van der Waals surface area contributed by atoms with Gasteiger partial charge in [0.15, 0.2) is 11.5 Å². The van der Waals surface area contributed by atoms with Gasteiger partial charge in [0.25, 0.3) is 0 Å². The van der Waals surface area contributed by atoms with Crippen LogP contribution in [-0.2, 0) is 13.2 Å². The lowest BCUT2D eigenvalue weighted by atomic mass is 10.1. The number of hydrogen-bond acceptors (Lipinski definition) is 3. The first kappa shape index (κ1) is 17.6. The lowest BCUT2D eigenvalue weighted by Gasteiger charge is -2.15. The lowest BCUT2D eigenvalue weighted by Crippen LogP contribution is -2.19. The molecule has 2 aromatic rings. The smallest absolute Gasteiger partial charge is 0.180 e. The fourth-order valence-electron chi connectivity index (χ4n) is 2.25. The highest BCUT2D eigenvalue weighted by molar-refractivity contribution is 6.32. The Morgan fingerprint density at radius 1 is 1.09 bits per heavy atom. The van der Waals surface area contributed by atoms with Crippen molar-refractivity contribution in [3.8, 4) is 11.5 Å². The second kappa shape index (κ2) is 8.80. The Kier molecular flexibility index (Phi) is 6.75. The van der Waals surface area contributed by atoms with Gasteiger partial charge in [-0.2, -0.15) is 0 Å². The van der Waals surface area contributed by atoms with Crippen molar-refractivity contribution in [3.63, 3.8) is 0 Å². The predicted molar refractivity (Wildman–Crippen MR) is 95.3 cm³/mol. The second-order valence-corrected chi connectivity index (χ2v) is 6.32. The van der Waals surface area contributed by atoms with Crippen LogP contribution in [0.4, 0.5) is 0 Å². The summed E-state index contributed by atoms with van der Waals surface area (Å²) in [4.78, 5) is 0. The zero-order valence-electron chi connectivity index (χ0n) is 13.9. The molecule has 0 unspecified atom stereocenters. The molecule has 0 aliphatic heterocycles. The average molecular weight is 334 g/mol. The van der Waals surface area contributed by atoms with Crippen LogP contribution in [0.2, 0.25) is 5.02 Å². The van der Waals surface area contributed by atoms with Gasteiger partial charge in [0.1, 0.15) is 6.61 Å². The fraction of sp³-hybridized carbons (Fsp3) is 0.368. The Balaban J connectivity index is 2.07. The summed E-state index contributed by atoms with van der Waals surface area (Å²) in [7, 11) is 1.63. The highest BCUT2D eigenvalue weighted by Gasteiger charge is 2.12. The third-order valence-electron chi connectivity index (χ3n) is 3.40. The number of nitrogens with one attached hydrogen (secondary N) is 1. The van der Waals surface area contributed by atoms with Crippen LogP contribution >= 0.6 is 11.6 Å². The van der Waals surface area contributed by atoms with E-state index in [1.165, 1.54) is 0 Å². The Labute approximate surface area is 143 Å². The molecule has 4 heteroatoms. The lowest BCUT2D eigenvalue weighted by molar-refractivity contribution is 0.284. The molecule has 23 heavy (non-hydrogen) atoms. The molecule has 3 nitrogen and oxygen atoms in total. The number of hydrogen-bond donors (Lipinski definition) is 1. The topological polar surface area (TPSA) is 30.5 Å². The van der Waals surface area contributed by atoms with Crippen molar-refractivity contribution < 1.29 is 9.47 Å². The van der Waals surface area contributed by atoms with Gasteiger partial charge in [0.05, 0.1) is 12.1 Å². The van der Waals surface area contributed by atoms with Crippen molar-refractivity contribution >= 4 is 11.6 Å².